The lowest BCUT2D eigenvalue weighted by Crippen LogP contribution is -2.00. The first-order valence-electron chi connectivity index (χ1n) is 6.50. The standard InChI is InChI=1S/C17H12Br2ClN/c18-14-6-8-17(13-4-2-1-3-12(13)14)21-10-11-5-7-16(20)15(19)9-11/h1-9,21H,10H2. The molecule has 3 rings (SSSR count). The minimum atomic E-state index is 0.729. The van der Waals surface area contributed by atoms with E-state index in [-0.39, 0.29) is 0 Å². The normalized spacial score (nSPS) is 10.8. The van der Waals surface area contributed by atoms with E-state index in [4.69, 9.17) is 11.6 Å². The summed E-state index contributed by atoms with van der Waals surface area (Å²) in [4.78, 5) is 0. The van der Waals surface area contributed by atoms with Gasteiger partial charge in [0.15, 0.2) is 0 Å². The number of benzene rings is 3. The van der Waals surface area contributed by atoms with Gasteiger partial charge in [0.2, 0.25) is 0 Å². The third-order valence-corrected chi connectivity index (χ3v) is 5.24. The summed E-state index contributed by atoms with van der Waals surface area (Å²) < 4.78 is 2.03. The Hall–Kier alpha value is -1.03. The zero-order valence-corrected chi connectivity index (χ0v) is 15.0. The van der Waals surface area contributed by atoms with Crippen LogP contribution in [0.4, 0.5) is 5.69 Å². The molecular formula is C17H12Br2ClN. The summed E-state index contributed by atoms with van der Waals surface area (Å²) in [5.41, 5.74) is 2.30. The van der Waals surface area contributed by atoms with Crippen LogP contribution in [0.3, 0.4) is 0 Å². The van der Waals surface area contributed by atoms with Gasteiger partial charge in [0.05, 0.1) is 5.02 Å². The Morgan fingerprint density at radius 3 is 2.38 bits per heavy atom. The van der Waals surface area contributed by atoms with Gasteiger partial charge in [0.1, 0.15) is 0 Å². The molecule has 0 bridgehead atoms. The molecule has 0 aliphatic carbocycles. The Bertz CT molecular complexity index is 802. The van der Waals surface area contributed by atoms with Crippen LogP contribution in [0, 0.1) is 0 Å². The molecule has 106 valence electrons. The number of anilines is 1. The van der Waals surface area contributed by atoms with Crippen LogP contribution in [0.5, 0.6) is 0 Å². The Morgan fingerprint density at radius 1 is 0.857 bits per heavy atom. The number of halogens is 3. The molecule has 0 unspecified atom stereocenters. The number of nitrogens with one attached hydrogen (secondary N) is 1. The molecular weight excluding hydrogens is 413 g/mol. The van der Waals surface area contributed by atoms with Gasteiger partial charge in [-0.05, 0) is 51.1 Å². The summed E-state index contributed by atoms with van der Waals surface area (Å²) in [6, 6.07) is 18.5. The summed E-state index contributed by atoms with van der Waals surface area (Å²) in [5, 5.41) is 6.64. The fourth-order valence-corrected chi connectivity index (χ4v) is 3.29. The van der Waals surface area contributed by atoms with Crippen LogP contribution >= 0.6 is 43.5 Å². The average molecular weight is 426 g/mol. The topological polar surface area (TPSA) is 12.0 Å². The lowest BCUT2D eigenvalue weighted by atomic mass is 10.1. The van der Waals surface area contributed by atoms with Gasteiger partial charge in [-0.1, -0.05) is 57.9 Å². The minimum Gasteiger partial charge on any atom is -0.380 e. The van der Waals surface area contributed by atoms with Crippen molar-refractivity contribution in [3.63, 3.8) is 0 Å². The predicted molar refractivity (Wildman–Crippen MR) is 98.1 cm³/mol. The largest absolute Gasteiger partial charge is 0.380 e. The molecule has 0 aromatic heterocycles. The molecule has 0 fully saturated rings. The van der Waals surface area contributed by atoms with E-state index in [9.17, 15) is 0 Å². The van der Waals surface area contributed by atoms with Gasteiger partial charge in [-0.2, -0.15) is 0 Å². The fraction of sp³-hybridized carbons (Fsp3) is 0.0588. The molecule has 0 spiro atoms. The first-order valence-corrected chi connectivity index (χ1v) is 8.46. The number of rotatable bonds is 3. The maximum absolute atomic E-state index is 6.02. The van der Waals surface area contributed by atoms with Crippen molar-refractivity contribution in [1.29, 1.82) is 0 Å². The van der Waals surface area contributed by atoms with Crippen molar-refractivity contribution in [2.45, 2.75) is 6.54 Å². The minimum absolute atomic E-state index is 0.729. The summed E-state index contributed by atoms with van der Waals surface area (Å²) in [6.45, 7) is 0.751. The van der Waals surface area contributed by atoms with E-state index in [1.165, 1.54) is 16.3 Å². The quantitative estimate of drug-likeness (QED) is 0.497. The Kier molecular flexibility index (Phi) is 4.53. The molecule has 0 radical (unpaired) electrons. The highest BCUT2D eigenvalue weighted by molar-refractivity contribution is 9.11. The zero-order chi connectivity index (χ0) is 14.8. The van der Waals surface area contributed by atoms with E-state index < -0.39 is 0 Å². The van der Waals surface area contributed by atoms with Crippen LogP contribution in [0.2, 0.25) is 5.02 Å². The van der Waals surface area contributed by atoms with Crippen LogP contribution in [0.25, 0.3) is 10.8 Å². The maximum atomic E-state index is 6.02. The second-order valence-corrected chi connectivity index (χ2v) is 6.86. The lowest BCUT2D eigenvalue weighted by molar-refractivity contribution is 1.15. The maximum Gasteiger partial charge on any atom is 0.0548 e. The highest BCUT2D eigenvalue weighted by atomic mass is 79.9. The van der Waals surface area contributed by atoms with Gasteiger partial charge < -0.3 is 5.32 Å². The van der Waals surface area contributed by atoms with Crippen molar-refractivity contribution in [3.8, 4) is 0 Å². The molecule has 0 atom stereocenters. The molecule has 0 saturated heterocycles. The summed E-state index contributed by atoms with van der Waals surface area (Å²) in [5.74, 6) is 0. The van der Waals surface area contributed by atoms with Gasteiger partial charge >= 0.3 is 0 Å². The third-order valence-electron chi connectivity index (χ3n) is 3.34. The van der Waals surface area contributed by atoms with E-state index in [1.54, 1.807) is 0 Å². The molecule has 1 N–H and O–H groups in total. The SMILES string of the molecule is Clc1ccc(CNc2ccc(Br)c3ccccc23)cc1Br. The molecule has 1 nitrogen and oxygen atoms in total. The first-order chi connectivity index (χ1) is 10.1. The van der Waals surface area contributed by atoms with E-state index >= 15 is 0 Å². The van der Waals surface area contributed by atoms with Crippen molar-refractivity contribution in [3.05, 3.63) is 74.1 Å². The molecule has 0 saturated carbocycles. The highest BCUT2D eigenvalue weighted by Crippen LogP contribution is 2.30. The monoisotopic (exact) mass is 423 g/mol. The van der Waals surface area contributed by atoms with Crippen LogP contribution in [-0.2, 0) is 6.54 Å². The molecule has 3 aromatic rings. The number of hydrogen-bond donors (Lipinski definition) is 1. The fourth-order valence-electron chi connectivity index (χ4n) is 2.26. The van der Waals surface area contributed by atoms with Gasteiger partial charge in [-0.3, -0.25) is 0 Å². The second kappa shape index (κ2) is 6.39. The molecule has 0 amide bonds. The molecule has 3 aromatic carbocycles. The van der Waals surface area contributed by atoms with Crippen molar-refractivity contribution in [2.24, 2.45) is 0 Å². The van der Waals surface area contributed by atoms with Crippen molar-refractivity contribution < 1.29 is 0 Å². The number of fused-ring (bicyclic) bond motifs is 1. The van der Waals surface area contributed by atoms with E-state index in [0.717, 1.165) is 26.2 Å². The van der Waals surface area contributed by atoms with Crippen LogP contribution in [-0.4, -0.2) is 0 Å². The van der Waals surface area contributed by atoms with Gasteiger partial charge in [-0.25, -0.2) is 0 Å². The predicted octanol–water partition coefficient (Wildman–Crippen LogP) is 6.63. The van der Waals surface area contributed by atoms with E-state index in [0.29, 0.717) is 0 Å². The average Bonchev–Trinajstić information content (AvgIpc) is 2.50. The molecule has 0 aliphatic rings. The summed E-state index contributed by atoms with van der Waals surface area (Å²) in [7, 11) is 0. The van der Waals surface area contributed by atoms with Crippen LogP contribution in [0.1, 0.15) is 5.56 Å². The smallest absolute Gasteiger partial charge is 0.0548 e. The van der Waals surface area contributed by atoms with Crippen molar-refractivity contribution in [2.75, 3.05) is 5.32 Å². The Morgan fingerprint density at radius 2 is 1.62 bits per heavy atom. The van der Waals surface area contributed by atoms with Crippen LogP contribution < -0.4 is 5.32 Å². The molecule has 0 aliphatic heterocycles. The third kappa shape index (κ3) is 3.25. The van der Waals surface area contributed by atoms with Gasteiger partial charge in [-0.15, -0.1) is 0 Å². The van der Waals surface area contributed by atoms with E-state index in [2.05, 4.69) is 67.5 Å². The Balaban J connectivity index is 1.88. The highest BCUT2D eigenvalue weighted by Gasteiger charge is 2.04. The van der Waals surface area contributed by atoms with E-state index in [1.807, 2.05) is 24.3 Å². The number of hydrogen-bond acceptors (Lipinski definition) is 1. The van der Waals surface area contributed by atoms with Crippen molar-refractivity contribution in [1.82, 2.24) is 0 Å². The molecule has 4 heteroatoms. The molecule has 0 heterocycles. The summed E-state index contributed by atoms with van der Waals surface area (Å²) >= 11 is 13.1. The van der Waals surface area contributed by atoms with Gasteiger partial charge in [0, 0.05) is 26.6 Å². The first kappa shape index (κ1) is 14.9. The lowest BCUT2D eigenvalue weighted by Gasteiger charge is -2.11. The summed E-state index contributed by atoms with van der Waals surface area (Å²) in [6.07, 6.45) is 0. The molecule has 21 heavy (non-hydrogen) atoms. The van der Waals surface area contributed by atoms with Crippen LogP contribution in [0.15, 0.2) is 63.5 Å². The zero-order valence-electron chi connectivity index (χ0n) is 11.0. The van der Waals surface area contributed by atoms with Crippen molar-refractivity contribution >= 4 is 59.9 Å². The Labute approximate surface area is 145 Å². The van der Waals surface area contributed by atoms with Gasteiger partial charge in [0.25, 0.3) is 0 Å². The second-order valence-electron chi connectivity index (χ2n) is 4.74.